The number of rotatable bonds is 8. The highest BCUT2D eigenvalue weighted by atomic mass is 35.5. The normalized spacial score (nSPS) is 30.6. The molecule has 7 heteroatoms. The first-order valence-corrected chi connectivity index (χ1v) is 20.4. The van der Waals surface area contributed by atoms with Crippen LogP contribution in [0.4, 0.5) is 0 Å². The second-order valence-corrected chi connectivity index (χ2v) is 17.6. The molecule has 0 radical (unpaired) electrons. The van der Waals surface area contributed by atoms with Gasteiger partial charge in [-0.05, 0) is 45.5 Å². The maximum absolute atomic E-state index is 8.34. The van der Waals surface area contributed by atoms with Crippen LogP contribution < -0.4 is 0 Å². The van der Waals surface area contributed by atoms with E-state index in [1.54, 1.807) is 0 Å². The highest BCUT2D eigenvalue weighted by molar-refractivity contribution is 6.37. The molecule has 0 amide bonds. The van der Waals surface area contributed by atoms with E-state index in [0.717, 1.165) is 33.4 Å². The zero-order valence-electron chi connectivity index (χ0n) is 29.5. The van der Waals surface area contributed by atoms with E-state index in [1.165, 1.54) is 0 Å². The molecule has 8 rings (SSSR count). The first-order chi connectivity index (χ1) is 26.6. The Bertz CT molecular complexity index is 2130. The van der Waals surface area contributed by atoms with Crippen molar-refractivity contribution in [2.45, 2.75) is 43.5 Å². The number of hydrogen-bond acceptors (Lipinski definition) is 1. The van der Waals surface area contributed by atoms with Gasteiger partial charge in [0, 0.05) is 21.9 Å². The Morgan fingerprint density at radius 1 is 0.345 bits per heavy atom. The van der Waals surface area contributed by atoms with E-state index in [2.05, 4.69) is 0 Å². The van der Waals surface area contributed by atoms with Gasteiger partial charge >= 0.3 is 0 Å². The van der Waals surface area contributed by atoms with Gasteiger partial charge in [-0.25, -0.2) is 0 Å². The average molecular weight is 842 g/mol. The first kappa shape index (κ1) is 38.4. The van der Waals surface area contributed by atoms with Crippen LogP contribution in [-0.2, 0) is 24.2 Å². The van der Waals surface area contributed by atoms with Crippen LogP contribution in [0.2, 0.25) is 0 Å². The van der Waals surface area contributed by atoms with Crippen molar-refractivity contribution in [3.63, 3.8) is 0 Å². The number of hydrogen-bond donors (Lipinski definition) is 0. The molecule has 1 nitrogen and oxygen atoms in total. The van der Waals surface area contributed by atoms with Gasteiger partial charge in [0.05, 0.1) is 9.75 Å². The number of halogens is 6. The third kappa shape index (κ3) is 6.57. The Balaban J connectivity index is 1.40. The quantitative estimate of drug-likeness (QED) is 0.139. The molecule has 0 aliphatic heterocycles. The lowest BCUT2D eigenvalue weighted by Gasteiger charge is -2.55. The Morgan fingerprint density at radius 2 is 0.600 bits per heavy atom. The van der Waals surface area contributed by atoms with Crippen LogP contribution in [0.3, 0.4) is 0 Å². The molecule has 0 N–H and O–H groups in total. The maximum Gasteiger partial charge on any atom is 0.118 e. The molecule has 6 aromatic rings. The Labute approximate surface area is 353 Å². The standard InChI is InChI=1S/C48H36Cl6O/c49-39-31-45(51,35-23-11-3-12-24-35)41(33-19-7-1-8-20-33)47(53,37-27-15-5-16-28-37)43(39)55-44-40(50)32-46(52,36-25-13-4-14-26-36)42(34-21-9-2-10-22-34)48(44,54)38-29-17-6-18-30-38/h1-32,41-44H. The van der Waals surface area contributed by atoms with Gasteiger partial charge in [0.15, 0.2) is 0 Å². The minimum absolute atomic E-state index is 0.323. The van der Waals surface area contributed by atoms with Gasteiger partial charge in [0.25, 0.3) is 0 Å². The van der Waals surface area contributed by atoms with Crippen LogP contribution in [0.5, 0.6) is 0 Å². The lowest BCUT2D eigenvalue weighted by Crippen LogP contribution is -2.57. The summed E-state index contributed by atoms with van der Waals surface area (Å²) >= 11 is 47.7. The molecule has 2 aliphatic carbocycles. The molecule has 0 bridgehead atoms. The van der Waals surface area contributed by atoms with Crippen LogP contribution in [0, 0.1) is 0 Å². The molecule has 6 aromatic carbocycles. The molecule has 0 saturated heterocycles. The summed E-state index contributed by atoms with van der Waals surface area (Å²) in [7, 11) is 0. The number of ether oxygens (including phenoxy) is 1. The van der Waals surface area contributed by atoms with Crippen molar-refractivity contribution in [3.05, 3.63) is 238 Å². The molecular weight excluding hydrogens is 805 g/mol. The zero-order valence-corrected chi connectivity index (χ0v) is 34.0. The third-order valence-corrected chi connectivity index (χ3v) is 14.0. The van der Waals surface area contributed by atoms with Crippen molar-refractivity contribution < 1.29 is 4.74 Å². The molecular formula is C48H36Cl6O. The molecule has 55 heavy (non-hydrogen) atoms. The lowest BCUT2D eigenvalue weighted by atomic mass is 9.63. The molecule has 0 fully saturated rings. The fourth-order valence-electron chi connectivity index (χ4n) is 8.67. The third-order valence-electron chi connectivity index (χ3n) is 11.0. The average Bonchev–Trinajstić information content (AvgIpc) is 3.22. The minimum atomic E-state index is -1.39. The van der Waals surface area contributed by atoms with Crippen LogP contribution in [0.1, 0.15) is 45.2 Å². The largest absolute Gasteiger partial charge is 0.359 e. The van der Waals surface area contributed by atoms with E-state index < -0.39 is 43.5 Å². The molecule has 8 unspecified atom stereocenters. The van der Waals surface area contributed by atoms with E-state index in [9.17, 15) is 0 Å². The number of benzene rings is 6. The highest BCUT2D eigenvalue weighted by Crippen LogP contribution is 2.66. The summed E-state index contributed by atoms with van der Waals surface area (Å²) in [6, 6.07) is 59.6. The minimum Gasteiger partial charge on any atom is -0.359 e. The smallest absolute Gasteiger partial charge is 0.118 e. The van der Waals surface area contributed by atoms with E-state index in [-0.39, 0.29) is 0 Å². The van der Waals surface area contributed by atoms with Crippen molar-refractivity contribution in [2.75, 3.05) is 0 Å². The van der Waals surface area contributed by atoms with Crippen LogP contribution in [0.15, 0.2) is 204 Å². The number of alkyl halides is 4. The summed E-state index contributed by atoms with van der Waals surface area (Å²) in [6.45, 7) is 0. The molecule has 8 atom stereocenters. The molecule has 0 saturated carbocycles. The Kier molecular flexibility index (Phi) is 10.8. The van der Waals surface area contributed by atoms with Gasteiger partial charge < -0.3 is 4.74 Å². The van der Waals surface area contributed by atoms with Gasteiger partial charge in [-0.15, -0.1) is 46.4 Å². The molecule has 0 spiro atoms. The van der Waals surface area contributed by atoms with Crippen molar-refractivity contribution in [2.24, 2.45) is 0 Å². The maximum atomic E-state index is 8.34. The molecule has 276 valence electrons. The summed E-state index contributed by atoms with van der Waals surface area (Å²) in [5.74, 6) is -1.20. The first-order valence-electron chi connectivity index (χ1n) is 18.1. The van der Waals surface area contributed by atoms with Gasteiger partial charge in [-0.1, -0.05) is 205 Å². The van der Waals surface area contributed by atoms with Gasteiger partial charge in [-0.2, -0.15) is 0 Å². The van der Waals surface area contributed by atoms with Crippen molar-refractivity contribution in [1.29, 1.82) is 0 Å². The van der Waals surface area contributed by atoms with E-state index in [4.69, 9.17) is 74.3 Å². The predicted octanol–water partition coefficient (Wildman–Crippen LogP) is 14.1. The molecule has 0 heterocycles. The van der Waals surface area contributed by atoms with Crippen LogP contribution in [0.25, 0.3) is 0 Å². The predicted molar refractivity (Wildman–Crippen MR) is 231 cm³/mol. The van der Waals surface area contributed by atoms with Gasteiger partial charge in [0.1, 0.15) is 22.0 Å². The van der Waals surface area contributed by atoms with Gasteiger partial charge in [-0.3, -0.25) is 0 Å². The zero-order chi connectivity index (χ0) is 38.3. The van der Waals surface area contributed by atoms with Crippen molar-refractivity contribution in [3.8, 4) is 0 Å². The molecule has 2 aliphatic rings. The fourth-order valence-corrected chi connectivity index (χ4v) is 12.1. The Morgan fingerprint density at radius 3 is 0.891 bits per heavy atom. The van der Waals surface area contributed by atoms with E-state index >= 15 is 0 Å². The summed E-state index contributed by atoms with van der Waals surface area (Å²) in [5.41, 5.74) is 5.04. The van der Waals surface area contributed by atoms with E-state index in [1.807, 2.05) is 194 Å². The lowest BCUT2D eigenvalue weighted by molar-refractivity contribution is -0.0345. The summed E-state index contributed by atoms with van der Waals surface area (Å²) in [5, 5.41) is 0.645. The second kappa shape index (κ2) is 15.4. The fraction of sp³-hybridized carbons (Fsp3) is 0.167. The van der Waals surface area contributed by atoms with Gasteiger partial charge in [0.2, 0.25) is 0 Å². The SMILES string of the molecule is ClC1=CC(Cl)(c2ccccc2)C(c2ccccc2)C(Cl)(c2ccccc2)C1OC1C(Cl)=CC(Cl)(c2ccccc2)C(c2ccccc2)C1(Cl)c1ccccc1. The van der Waals surface area contributed by atoms with Crippen LogP contribution >= 0.6 is 69.6 Å². The number of allylic oxidation sites excluding steroid dienone is 2. The van der Waals surface area contributed by atoms with Crippen LogP contribution in [-0.4, -0.2) is 12.2 Å². The second-order valence-electron chi connectivity index (χ2n) is 14.2. The topological polar surface area (TPSA) is 9.23 Å². The van der Waals surface area contributed by atoms with Crippen molar-refractivity contribution in [1.82, 2.24) is 0 Å². The summed E-state index contributed by atoms with van der Waals surface area (Å²) in [4.78, 5) is -5.16. The van der Waals surface area contributed by atoms with Crippen molar-refractivity contribution >= 4 is 69.6 Å². The molecule has 0 aromatic heterocycles. The van der Waals surface area contributed by atoms with E-state index in [0.29, 0.717) is 10.1 Å². The monoisotopic (exact) mass is 838 g/mol. The summed E-state index contributed by atoms with van der Waals surface area (Å²) < 4.78 is 7.48. The summed E-state index contributed by atoms with van der Waals surface area (Å²) in [6.07, 6.45) is 1.76. The highest BCUT2D eigenvalue weighted by Gasteiger charge is 2.64. The Hall–Kier alpha value is -3.50.